The van der Waals surface area contributed by atoms with E-state index in [0.29, 0.717) is 64.2 Å². The average molecular weight is 1760 g/mol. The number of alkyl halides is 8. The van der Waals surface area contributed by atoms with Crippen molar-refractivity contribution in [3.63, 3.8) is 0 Å². The van der Waals surface area contributed by atoms with Crippen LogP contribution in [-0.2, 0) is 24.0 Å². The third-order valence-corrected chi connectivity index (χ3v) is 32.1. The molecular formula is C109H155F8N7OS. The van der Waals surface area contributed by atoms with Crippen molar-refractivity contribution in [2.45, 2.75) is 327 Å². The van der Waals surface area contributed by atoms with Crippen LogP contribution in [0, 0.1) is 94.7 Å². The molecule has 8 fully saturated rings. The number of nitrogens with zero attached hydrogens (tertiary/aromatic N) is 1. The van der Waals surface area contributed by atoms with E-state index >= 15 is 35.1 Å². The molecule has 6 bridgehead atoms. The van der Waals surface area contributed by atoms with Gasteiger partial charge in [-0.1, -0.05) is 283 Å². The second kappa shape index (κ2) is 46.1. The largest absolute Gasteiger partial charge is 0.370 e. The Morgan fingerprint density at radius 2 is 0.730 bits per heavy atom. The molecule has 3 aromatic carbocycles. The fourth-order valence-corrected chi connectivity index (χ4v) is 25.7. The van der Waals surface area contributed by atoms with Crippen LogP contribution in [0.3, 0.4) is 0 Å². The van der Waals surface area contributed by atoms with Gasteiger partial charge in [0, 0.05) is 83.1 Å². The predicted molar refractivity (Wildman–Crippen MR) is 513 cm³/mol. The zero-order chi connectivity index (χ0) is 90.5. The van der Waals surface area contributed by atoms with Crippen molar-refractivity contribution in [3.8, 4) is 0 Å². The molecule has 0 amide bonds. The van der Waals surface area contributed by atoms with Crippen molar-refractivity contribution >= 4 is 28.7 Å². The second-order valence-electron chi connectivity index (χ2n) is 39.8. The van der Waals surface area contributed by atoms with Crippen molar-refractivity contribution in [1.29, 1.82) is 0 Å². The molecule has 3 aromatic rings. The topological polar surface area (TPSA) is 84.6 Å². The van der Waals surface area contributed by atoms with Gasteiger partial charge in [0.05, 0.1) is 49.7 Å². The highest BCUT2D eigenvalue weighted by Gasteiger charge is 2.69. The lowest BCUT2D eigenvalue weighted by atomic mass is 9.59. The fraction of sp³-hybridized carbons (Fsp3) is 0.633. The van der Waals surface area contributed by atoms with Crippen molar-refractivity contribution in [3.05, 3.63) is 223 Å². The minimum Gasteiger partial charge on any atom is -0.370 e. The molecule has 5 aliphatic carbocycles. The SMILES string of the molecule is C=CC1C=C/C=C(CC2C(F)C3C4NC(C)C5C(F)C(CCC(=C)CCC)C(Cc6ccc(C(=C)CCC)cc6)C(F)C5C(C)NC5NC(NC6C7C(F)C(CCC(=C)CCC)C(Cc8ccc(C(=C)CCC)cc8)C(F)C7C(NC(N4)C3C(F)C2OCC(=C)CCC)N6SC)C2C(F)C(CCC(=C)CCC)C(Cc3ccc(C(=C)CCC)cc3)C(F)C52)\C=C/C1. The first-order chi connectivity index (χ1) is 60.6. The number of allylic oxidation sites excluding steroid dienone is 13. The van der Waals surface area contributed by atoms with E-state index < -0.39 is 193 Å². The van der Waals surface area contributed by atoms with Gasteiger partial charge in [0.15, 0.2) is 0 Å². The van der Waals surface area contributed by atoms with Gasteiger partial charge >= 0.3 is 0 Å². The first-order valence-corrected chi connectivity index (χ1v) is 50.1. The van der Waals surface area contributed by atoms with Crippen molar-refractivity contribution in [1.82, 2.24) is 36.2 Å². The van der Waals surface area contributed by atoms with Crippen LogP contribution in [0.2, 0.25) is 0 Å². The molecular weight excluding hydrogens is 1610 g/mol. The Morgan fingerprint density at radius 1 is 0.397 bits per heavy atom. The number of hydrogen-bond acceptors (Lipinski definition) is 9. The van der Waals surface area contributed by atoms with E-state index in [-0.39, 0.29) is 38.2 Å². The van der Waals surface area contributed by atoms with E-state index in [1.165, 1.54) is 11.9 Å². The summed E-state index contributed by atoms with van der Waals surface area (Å²) in [4.78, 5) is 0. The van der Waals surface area contributed by atoms with Crippen LogP contribution in [0.5, 0.6) is 0 Å². The lowest BCUT2D eigenvalue weighted by Gasteiger charge is -2.52. The molecule has 4 saturated heterocycles. The Bertz CT molecular complexity index is 4210. The van der Waals surface area contributed by atoms with Gasteiger partial charge in [0.25, 0.3) is 0 Å². The number of hydrogen-bond donors (Lipinski definition) is 6. The minimum absolute atomic E-state index is 0.0305. The number of rotatable bonds is 39. The van der Waals surface area contributed by atoms with Crippen LogP contribution in [0.4, 0.5) is 35.1 Å². The monoisotopic (exact) mass is 1760 g/mol. The number of benzene rings is 3. The van der Waals surface area contributed by atoms with Gasteiger partial charge in [-0.2, -0.15) is 0 Å². The van der Waals surface area contributed by atoms with Crippen molar-refractivity contribution in [2.75, 3.05) is 12.9 Å². The highest BCUT2D eigenvalue weighted by molar-refractivity contribution is 7.96. The van der Waals surface area contributed by atoms with E-state index in [1.54, 1.807) is 0 Å². The Hall–Kier alpha value is -5.73. The quantitative estimate of drug-likeness (QED) is 0.0190. The smallest absolute Gasteiger partial charge is 0.133 e. The first-order valence-electron chi connectivity index (χ1n) is 48.9. The van der Waals surface area contributed by atoms with Crippen LogP contribution in [0.15, 0.2) is 190 Å². The van der Waals surface area contributed by atoms with Gasteiger partial charge in [-0.3, -0.25) is 31.9 Å². The summed E-state index contributed by atoms with van der Waals surface area (Å²) in [7, 11) is 0. The van der Waals surface area contributed by atoms with Gasteiger partial charge in [0.1, 0.15) is 49.4 Å². The fourth-order valence-electron chi connectivity index (χ4n) is 24.8. The summed E-state index contributed by atoms with van der Waals surface area (Å²) in [6.45, 7) is 53.3. The number of fused-ring (bicyclic) bond motifs is 16. The Morgan fingerprint density at radius 3 is 1.11 bits per heavy atom. The summed E-state index contributed by atoms with van der Waals surface area (Å²) in [5.74, 6) is -15.8. The number of nitrogens with one attached hydrogen (secondary N) is 6. The Balaban J connectivity index is 1.06. The van der Waals surface area contributed by atoms with Crippen molar-refractivity contribution in [2.24, 2.45) is 94.7 Å². The zero-order valence-electron chi connectivity index (χ0n) is 77.8. The van der Waals surface area contributed by atoms with Crippen LogP contribution in [0.25, 0.3) is 16.7 Å². The molecule has 33 unspecified atom stereocenters. The standard InChI is InChI=1S/C109H155F8N7OS/c1-19-29-63(9)40-55-80-83(58-74-43-49-77(50-44-74)67(13)33-23-5)98(113)88-71(17)119-104-90-89(96(111)81(56-41-64(10)30-20-2)84(99(90)114)59-75-45-51-78(52-46-75)68(14)34-24-6)106(120-104)122-108-93-94(100(115)85(82(97(93)112)57-42-65(11)31-21-3)60-76-47-53-79(54-48-76)69(15)35-25-7)109(124(108)126-18)123-107-92-91(105(121-107)118-70(16)87(88)95(80)110)101(116)86(103(102(92)117)125-62-66(12)32-22-4)61-73-38-27-36-72(26-8)37-28-39-73/h26-28,36,38-39,43-54,70-72,80-109,118-123H,8-15,19-25,29-35,37,40-42,55-62H2,1-7,16-18H3/b36-27?,39-28-,73-38+. The molecule has 33 atom stereocenters. The normalized spacial score (nSPS) is 37.4. The summed E-state index contributed by atoms with van der Waals surface area (Å²) in [6.07, 6.45) is 6.26. The summed E-state index contributed by atoms with van der Waals surface area (Å²) in [5, 5.41) is 23.1. The maximum absolute atomic E-state index is 20.2. The molecule has 0 aromatic heterocycles. The third kappa shape index (κ3) is 22.4. The van der Waals surface area contributed by atoms with Gasteiger partial charge in [-0.15, -0.1) is 6.58 Å². The molecule has 4 aliphatic heterocycles. The molecule has 6 N–H and O–H groups in total. The van der Waals surface area contributed by atoms with Gasteiger partial charge in [0.2, 0.25) is 0 Å². The molecule has 0 radical (unpaired) electrons. The molecule has 8 nitrogen and oxygen atoms in total. The van der Waals surface area contributed by atoms with Crippen molar-refractivity contribution < 1.29 is 39.9 Å². The molecule has 0 spiro atoms. The summed E-state index contributed by atoms with van der Waals surface area (Å²) >= 11 is 1.27. The van der Waals surface area contributed by atoms with E-state index in [9.17, 15) is 0 Å². The molecule has 694 valence electrons. The van der Waals surface area contributed by atoms with E-state index in [0.717, 1.165) is 149 Å². The summed E-state index contributed by atoms with van der Waals surface area (Å²) in [5.41, 5.74) is 12.8. The van der Waals surface area contributed by atoms with E-state index in [2.05, 4.69) is 126 Å². The summed E-state index contributed by atoms with van der Waals surface area (Å²) in [6, 6.07) is 22.3. The molecule has 17 heteroatoms. The second-order valence-corrected chi connectivity index (χ2v) is 40.6. The maximum Gasteiger partial charge on any atom is 0.133 e. The van der Waals surface area contributed by atoms with Crippen LogP contribution < -0.4 is 31.9 Å². The predicted octanol–water partition coefficient (Wildman–Crippen LogP) is 25.8. The van der Waals surface area contributed by atoms with Gasteiger partial charge in [-0.25, -0.2) is 39.4 Å². The highest BCUT2D eigenvalue weighted by Crippen LogP contribution is 2.58. The van der Waals surface area contributed by atoms with Crippen LogP contribution in [-0.4, -0.2) is 122 Å². The maximum atomic E-state index is 20.2. The van der Waals surface area contributed by atoms with E-state index in [4.69, 9.17) is 4.74 Å². The minimum atomic E-state index is -1.91. The lowest BCUT2D eigenvalue weighted by Crippen LogP contribution is -2.65. The van der Waals surface area contributed by atoms with E-state index in [1.807, 2.05) is 141 Å². The highest BCUT2D eigenvalue weighted by atomic mass is 32.2. The van der Waals surface area contributed by atoms with Crippen LogP contribution >= 0.6 is 11.9 Å². The third-order valence-electron chi connectivity index (χ3n) is 31.2. The molecule has 9 aliphatic rings. The zero-order valence-corrected chi connectivity index (χ0v) is 78.6. The lowest BCUT2D eigenvalue weighted by molar-refractivity contribution is -0.129. The van der Waals surface area contributed by atoms with Gasteiger partial charge < -0.3 is 4.74 Å². The van der Waals surface area contributed by atoms with Gasteiger partial charge in [-0.05, 0) is 215 Å². The average Bonchev–Trinajstić information content (AvgIpc) is 1.56. The number of ether oxygens (including phenoxy) is 1. The molecule has 126 heavy (non-hydrogen) atoms. The molecule has 4 saturated carbocycles. The summed E-state index contributed by atoms with van der Waals surface area (Å²) < 4.78 is 170. The molecule has 4 heterocycles. The molecule has 12 rings (SSSR count). The Kier molecular flexibility index (Phi) is 36.3. The van der Waals surface area contributed by atoms with Crippen LogP contribution in [0.1, 0.15) is 237 Å². The first kappa shape index (κ1) is 99.3. The Labute approximate surface area is 758 Å². The number of halogens is 8.